The Kier molecular flexibility index (Phi) is 2.48. The molecule has 0 aromatic carbocycles. The Morgan fingerprint density at radius 1 is 1.80 bits per heavy atom. The van der Waals surface area contributed by atoms with Crippen LogP contribution in [0.2, 0.25) is 1.41 Å². The number of ether oxygens (including phenoxy) is 1. The monoisotopic (exact) mass is 152 g/mol. The molecule has 2 nitrogen and oxygen atoms in total. The van der Waals surface area contributed by atoms with Crippen LogP contribution in [0.1, 0.15) is 6.42 Å². The van der Waals surface area contributed by atoms with E-state index in [-0.39, 0.29) is 6.10 Å². The molecule has 0 aromatic heterocycles. The van der Waals surface area contributed by atoms with Gasteiger partial charge in [0, 0.05) is 6.54 Å². The lowest BCUT2D eigenvalue weighted by molar-refractivity contribution is -0.0162. The number of alkyl halides is 2. The summed E-state index contributed by atoms with van der Waals surface area (Å²) in [6.07, 6.45) is -1.87. The third-order valence-electron chi connectivity index (χ3n) is 1.40. The fourth-order valence-corrected chi connectivity index (χ4v) is 0.907. The van der Waals surface area contributed by atoms with Gasteiger partial charge in [-0.25, -0.2) is 8.78 Å². The Hall–Kier alpha value is -0.220. The fourth-order valence-electron chi connectivity index (χ4n) is 0.907. The predicted octanol–water partition coefficient (Wildman–Crippen LogP) is 0.630. The number of hydrogen-bond donors (Lipinski definition) is 1. The van der Waals surface area contributed by atoms with Crippen molar-refractivity contribution in [3.05, 3.63) is 0 Å². The number of hydrogen-bond acceptors (Lipinski definition) is 2. The molecular weight excluding hydrogens is 140 g/mol. The van der Waals surface area contributed by atoms with Crippen LogP contribution >= 0.6 is 0 Å². The van der Waals surface area contributed by atoms with E-state index >= 15 is 0 Å². The maximum Gasteiger partial charge on any atom is 0.261 e. The second-order valence-electron chi connectivity index (χ2n) is 2.26. The zero-order valence-electron chi connectivity index (χ0n) is 6.59. The smallest absolute Gasteiger partial charge is 0.261 e. The predicted molar refractivity (Wildman–Crippen MR) is 33.2 cm³/mol. The van der Waals surface area contributed by atoms with Gasteiger partial charge < -0.3 is 10.0 Å². The summed E-state index contributed by atoms with van der Waals surface area (Å²) in [7, 11) is 0. The van der Waals surface area contributed by atoms with Gasteiger partial charge in [0.15, 0.2) is 0 Å². The van der Waals surface area contributed by atoms with Gasteiger partial charge in [-0.3, -0.25) is 0 Å². The molecule has 0 unspecified atom stereocenters. The summed E-state index contributed by atoms with van der Waals surface area (Å²) in [6, 6.07) is 0. The maximum absolute atomic E-state index is 11.6. The summed E-state index contributed by atoms with van der Waals surface area (Å²) in [4.78, 5) is 0. The van der Waals surface area contributed by atoms with Crippen molar-refractivity contribution in [3.8, 4) is 0 Å². The molecule has 4 heteroatoms. The minimum atomic E-state index is -2.39. The van der Waals surface area contributed by atoms with Crippen LogP contribution in [-0.2, 0) is 4.74 Å². The van der Waals surface area contributed by atoms with Crippen LogP contribution in [0.4, 0.5) is 8.78 Å². The van der Waals surface area contributed by atoms with Crippen LogP contribution < -0.4 is 5.31 Å². The Bertz CT molecular complexity index is 125. The first-order chi connectivity index (χ1) is 5.18. The molecule has 1 aliphatic rings. The average Bonchev–Trinajstić information content (AvgIpc) is 2.31. The van der Waals surface area contributed by atoms with Crippen LogP contribution in [0.15, 0.2) is 0 Å². The van der Waals surface area contributed by atoms with Crippen molar-refractivity contribution in [2.75, 3.05) is 19.7 Å². The molecule has 1 aliphatic heterocycles. The number of rotatable bonds is 3. The first-order valence-corrected chi connectivity index (χ1v) is 3.32. The second kappa shape index (κ2) is 3.83. The minimum absolute atomic E-state index is 0.165. The largest absolute Gasteiger partial charge is 0.371 e. The summed E-state index contributed by atoms with van der Waals surface area (Å²) >= 11 is 0. The van der Waals surface area contributed by atoms with Gasteiger partial charge in [0.1, 0.15) is 8.02 Å². The molecule has 10 heavy (non-hydrogen) atoms. The zero-order valence-corrected chi connectivity index (χ0v) is 5.59. The van der Waals surface area contributed by atoms with E-state index in [0.717, 1.165) is 0 Å². The van der Waals surface area contributed by atoms with Gasteiger partial charge >= 0.3 is 0 Å². The van der Waals surface area contributed by atoms with Crippen molar-refractivity contribution < 1.29 is 14.9 Å². The molecule has 1 saturated heterocycles. The second-order valence-corrected chi connectivity index (χ2v) is 2.26. The van der Waals surface area contributed by atoms with Crippen LogP contribution in [0.25, 0.3) is 0 Å². The molecule has 0 aromatic rings. The minimum Gasteiger partial charge on any atom is -0.371 e. The van der Waals surface area contributed by atoms with Gasteiger partial charge in [0.2, 0.25) is 0 Å². The average molecular weight is 152 g/mol. The molecule has 0 amide bonds. The Morgan fingerprint density at radius 2 is 2.60 bits per heavy atom. The van der Waals surface area contributed by atoms with E-state index in [9.17, 15) is 8.78 Å². The molecule has 1 fully saturated rings. The van der Waals surface area contributed by atoms with Crippen molar-refractivity contribution >= 4 is 0 Å². The van der Waals surface area contributed by atoms with E-state index in [1.807, 2.05) is 0 Å². The van der Waals surface area contributed by atoms with Crippen molar-refractivity contribution in [1.29, 1.82) is 0 Å². The standard InChI is InChI=1S/C6H11F2NO/c7-6(8)4-10-5-1-2-9-3-5/h5-6,9H,1-4H2/t5-/m0/s1/i/hD. The van der Waals surface area contributed by atoms with Crippen LogP contribution in [0.3, 0.4) is 0 Å². The van der Waals surface area contributed by atoms with Crippen LogP contribution in [0, 0.1) is 0 Å². The summed E-state index contributed by atoms with van der Waals surface area (Å²) < 4.78 is 35.1. The number of halogens is 2. The molecule has 0 aliphatic carbocycles. The molecule has 0 bridgehead atoms. The Morgan fingerprint density at radius 3 is 3.10 bits per heavy atom. The molecule has 1 rings (SSSR count). The third-order valence-corrected chi connectivity index (χ3v) is 1.40. The normalized spacial score (nSPS) is 29.5. The van der Waals surface area contributed by atoms with Gasteiger partial charge in [0.05, 0.1) is 6.10 Å². The van der Waals surface area contributed by atoms with Crippen molar-refractivity contribution in [1.82, 2.24) is 5.31 Å². The summed E-state index contributed by atoms with van der Waals surface area (Å²) in [6.45, 7) is 0.569. The van der Waals surface area contributed by atoms with E-state index in [2.05, 4.69) is 0 Å². The molecule has 1 heterocycles. The van der Waals surface area contributed by atoms with E-state index in [1.165, 1.54) is 5.31 Å². The SMILES string of the molecule is [2H]N1CC[C@H](OCC(F)F)C1. The molecule has 0 spiro atoms. The highest BCUT2D eigenvalue weighted by Gasteiger charge is 2.16. The molecule has 0 radical (unpaired) electrons. The molecule has 1 N–H and O–H groups in total. The third kappa shape index (κ3) is 2.58. The first kappa shape index (κ1) is 6.49. The highest BCUT2D eigenvalue weighted by atomic mass is 19.3. The summed E-state index contributed by atoms with van der Waals surface area (Å²) in [5, 5.41) is 1.33. The van der Waals surface area contributed by atoms with Gasteiger partial charge in [-0.1, -0.05) is 0 Å². The lowest BCUT2D eigenvalue weighted by Gasteiger charge is -2.08. The molecule has 0 saturated carbocycles. The topological polar surface area (TPSA) is 21.3 Å². The van der Waals surface area contributed by atoms with E-state index < -0.39 is 13.0 Å². The van der Waals surface area contributed by atoms with E-state index in [4.69, 9.17) is 6.15 Å². The van der Waals surface area contributed by atoms with Gasteiger partial charge in [-0.15, -0.1) is 0 Å². The lowest BCUT2D eigenvalue weighted by atomic mass is 10.3. The van der Waals surface area contributed by atoms with E-state index in [1.54, 1.807) is 0 Å². The first-order valence-electron chi connectivity index (χ1n) is 3.77. The quantitative estimate of drug-likeness (QED) is 0.640. The summed E-state index contributed by atoms with van der Waals surface area (Å²) in [5.41, 5.74) is 0. The molecule has 1 atom stereocenters. The zero-order chi connectivity index (χ0) is 8.27. The summed E-state index contributed by atoms with van der Waals surface area (Å²) in [5.74, 6) is 0. The van der Waals surface area contributed by atoms with Crippen molar-refractivity contribution in [2.45, 2.75) is 19.0 Å². The molecule has 60 valence electrons. The maximum atomic E-state index is 11.6. The van der Waals surface area contributed by atoms with Crippen LogP contribution in [0.5, 0.6) is 0 Å². The van der Waals surface area contributed by atoms with Gasteiger partial charge in [0.25, 0.3) is 6.43 Å². The molecular formula is C6H11F2NO. The lowest BCUT2D eigenvalue weighted by Crippen LogP contribution is -2.19. The Labute approximate surface area is 60.0 Å². The van der Waals surface area contributed by atoms with Gasteiger partial charge in [-0.2, -0.15) is 0 Å². The van der Waals surface area contributed by atoms with E-state index in [0.29, 0.717) is 19.5 Å². The Balaban J connectivity index is 2.08. The number of nitrogens with one attached hydrogen (secondary N) is 1. The van der Waals surface area contributed by atoms with Gasteiger partial charge in [-0.05, 0) is 13.0 Å². The van der Waals surface area contributed by atoms with Crippen molar-refractivity contribution in [2.24, 2.45) is 0 Å². The van der Waals surface area contributed by atoms with Crippen LogP contribution in [-0.4, -0.2) is 32.2 Å². The highest BCUT2D eigenvalue weighted by Crippen LogP contribution is 2.04. The van der Waals surface area contributed by atoms with Crippen molar-refractivity contribution in [3.63, 3.8) is 0 Å². The highest BCUT2D eigenvalue weighted by molar-refractivity contribution is 4.70. The fraction of sp³-hybridized carbons (Fsp3) is 1.00.